The summed E-state index contributed by atoms with van der Waals surface area (Å²) in [6, 6.07) is 16.2. The fourth-order valence-electron chi connectivity index (χ4n) is 3.49. The molecule has 0 radical (unpaired) electrons. The minimum absolute atomic E-state index is 0.00150. The van der Waals surface area contributed by atoms with Crippen LogP contribution >= 0.6 is 11.6 Å². The van der Waals surface area contributed by atoms with Crippen molar-refractivity contribution in [1.82, 2.24) is 0 Å². The maximum absolute atomic E-state index is 13.1. The first-order valence-corrected chi connectivity index (χ1v) is 10.4. The van der Waals surface area contributed by atoms with E-state index >= 15 is 0 Å². The number of fused-ring (bicyclic) bond motifs is 1. The van der Waals surface area contributed by atoms with Crippen molar-refractivity contribution in [2.75, 3.05) is 0 Å². The first-order valence-electron chi connectivity index (χ1n) is 10.0. The summed E-state index contributed by atoms with van der Waals surface area (Å²) >= 11 is 5.83. The largest absolute Gasteiger partial charge is 0.457 e. The van der Waals surface area contributed by atoms with Gasteiger partial charge in [0.2, 0.25) is 0 Å². The molecule has 1 aromatic heterocycles. The SMILES string of the molecule is Cc1ccc2c(COC(=O)c3ccccc3C(=O)c3ccc(Cl)c([N+](=O)[O-])c3)cc(=O)oc2c1. The van der Waals surface area contributed by atoms with Gasteiger partial charge in [0.1, 0.15) is 17.2 Å². The highest BCUT2D eigenvalue weighted by Crippen LogP contribution is 2.27. The molecule has 0 atom stereocenters. The van der Waals surface area contributed by atoms with Crippen LogP contribution in [-0.2, 0) is 11.3 Å². The molecule has 9 heteroatoms. The predicted octanol–water partition coefficient (Wildman–Crippen LogP) is 5.25. The zero-order valence-corrected chi connectivity index (χ0v) is 18.5. The van der Waals surface area contributed by atoms with E-state index in [9.17, 15) is 24.5 Å². The molecular weight excluding hydrogens is 462 g/mol. The third kappa shape index (κ3) is 4.57. The van der Waals surface area contributed by atoms with E-state index in [0.717, 1.165) is 11.6 Å². The van der Waals surface area contributed by atoms with E-state index < -0.39 is 28.0 Å². The standard InChI is InChI=1S/C25H16ClNO7/c1-14-6-8-17-16(12-23(28)34-22(17)10-14)13-33-25(30)19-5-3-2-4-18(19)24(29)15-7-9-20(26)21(11-15)27(31)32/h2-12H,13H2,1H3. The Morgan fingerprint density at radius 3 is 2.50 bits per heavy atom. The fourth-order valence-corrected chi connectivity index (χ4v) is 3.67. The van der Waals surface area contributed by atoms with Crippen LogP contribution in [-0.4, -0.2) is 16.7 Å². The van der Waals surface area contributed by atoms with Gasteiger partial charge in [-0.1, -0.05) is 41.9 Å². The van der Waals surface area contributed by atoms with Gasteiger partial charge in [0.25, 0.3) is 5.69 Å². The van der Waals surface area contributed by atoms with Crippen molar-refractivity contribution in [3.8, 4) is 0 Å². The number of esters is 1. The Kier molecular flexibility index (Phi) is 6.25. The Labute approximate surface area is 197 Å². The number of ether oxygens (including phenoxy) is 1. The second kappa shape index (κ2) is 9.29. The monoisotopic (exact) mass is 477 g/mol. The lowest BCUT2D eigenvalue weighted by molar-refractivity contribution is -0.384. The molecule has 8 nitrogen and oxygen atoms in total. The van der Waals surface area contributed by atoms with Crippen molar-refractivity contribution in [2.45, 2.75) is 13.5 Å². The Balaban J connectivity index is 1.63. The second-order valence-corrected chi connectivity index (χ2v) is 7.87. The van der Waals surface area contributed by atoms with Crippen molar-refractivity contribution in [2.24, 2.45) is 0 Å². The van der Waals surface area contributed by atoms with E-state index in [-0.39, 0.29) is 28.3 Å². The van der Waals surface area contributed by atoms with Crippen LogP contribution in [0, 0.1) is 17.0 Å². The Bertz CT molecular complexity index is 1520. The van der Waals surface area contributed by atoms with Gasteiger partial charge in [0.15, 0.2) is 5.78 Å². The van der Waals surface area contributed by atoms with Crippen molar-refractivity contribution in [3.63, 3.8) is 0 Å². The molecule has 1 heterocycles. The molecular formula is C25H16ClNO7. The number of nitro benzene ring substituents is 1. The number of carbonyl (C=O) groups excluding carboxylic acids is 2. The van der Waals surface area contributed by atoms with Crippen molar-refractivity contribution >= 4 is 40.0 Å². The molecule has 0 spiro atoms. The number of rotatable bonds is 6. The van der Waals surface area contributed by atoms with E-state index in [1.807, 2.05) is 13.0 Å². The summed E-state index contributed by atoms with van der Waals surface area (Å²) in [4.78, 5) is 48.3. The van der Waals surface area contributed by atoms with Crippen LogP contribution in [0.4, 0.5) is 5.69 Å². The Morgan fingerprint density at radius 2 is 1.76 bits per heavy atom. The molecule has 0 aliphatic heterocycles. The number of hydrogen-bond donors (Lipinski definition) is 0. The first kappa shape index (κ1) is 22.9. The van der Waals surface area contributed by atoms with Gasteiger partial charge in [-0.15, -0.1) is 0 Å². The van der Waals surface area contributed by atoms with Crippen LogP contribution in [0.1, 0.15) is 37.4 Å². The molecule has 0 amide bonds. The second-order valence-electron chi connectivity index (χ2n) is 7.46. The lowest BCUT2D eigenvalue weighted by Crippen LogP contribution is -2.13. The number of benzene rings is 3. The number of nitro groups is 1. The first-order chi connectivity index (χ1) is 16.2. The summed E-state index contributed by atoms with van der Waals surface area (Å²) in [6.07, 6.45) is 0. The highest BCUT2D eigenvalue weighted by atomic mass is 35.5. The number of hydrogen-bond acceptors (Lipinski definition) is 7. The molecule has 34 heavy (non-hydrogen) atoms. The van der Waals surface area contributed by atoms with Gasteiger partial charge in [-0.05, 0) is 36.8 Å². The Hall–Kier alpha value is -4.30. The minimum atomic E-state index is -0.791. The van der Waals surface area contributed by atoms with Gasteiger partial charge in [-0.2, -0.15) is 0 Å². The lowest BCUT2D eigenvalue weighted by Gasteiger charge is -2.10. The van der Waals surface area contributed by atoms with Gasteiger partial charge >= 0.3 is 11.6 Å². The molecule has 4 rings (SSSR count). The highest BCUT2D eigenvalue weighted by Gasteiger charge is 2.22. The molecule has 0 N–H and O–H groups in total. The molecule has 0 unspecified atom stereocenters. The summed E-state index contributed by atoms with van der Waals surface area (Å²) in [5, 5.41) is 11.7. The van der Waals surface area contributed by atoms with E-state index in [1.54, 1.807) is 24.3 Å². The smallest absolute Gasteiger partial charge is 0.339 e. The van der Waals surface area contributed by atoms with Crippen LogP contribution in [0.15, 0.2) is 75.9 Å². The number of halogens is 1. The van der Waals surface area contributed by atoms with Crippen LogP contribution in [0.3, 0.4) is 0 Å². The third-order valence-electron chi connectivity index (χ3n) is 5.14. The maximum atomic E-state index is 13.1. The zero-order valence-electron chi connectivity index (χ0n) is 17.7. The molecule has 0 aliphatic rings. The van der Waals surface area contributed by atoms with Gasteiger partial charge in [-0.3, -0.25) is 14.9 Å². The average molecular weight is 478 g/mol. The van der Waals surface area contributed by atoms with E-state index in [4.69, 9.17) is 20.8 Å². The summed E-state index contributed by atoms with van der Waals surface area (Å²) in [5.74, 6) is -1.39. The molecule has 0 saturated heterocycles. The zero-order chi connectivity index (χ0) is 24.4. The van der Waals surface area contributed by atoms with Crippen molar-refractivity contribution in [1.29, 1.82) is 0 Å². The quantitative estimate of drug-likeness (QED) is 0.122. The summed E-state index contributed by atoms with van der Waals surface area (Å²) in [6.45, 7) is 1.63. The van der Waals surface area contributed by atoms with E-state index in [1.165, 1.54) is 30.3 Å². The van der Waals surface area contributed by atoms with Gasteiger partial charge in [0, 0.05) is 34.2 Å². The highest BCUT2D eigenvalue weighted by molar-refractivity contribution is 6.33. The van der Waals surface area contributed by atoms with Crippen LogP contribution in [0.2, 0.25) is 5.02 Å². The minimum Gasteiger partial charge on any atom is -0.457 e. The molecule has 3 aromatic carbocycles. The van der Waals surface area contributed by atoms with Crippen molar-refractivity contribution < 1.29 is 23.7 Å². The number of carbonyl (C=O) groups is 2. The van der Waals surface area contributed by atoms with E-state index in [0.29, 0.717) is 16.5 Å². The lowest BCUT2D eigenvalue weighted by atomic mass is 9.98. The topological polar surface area (TPSA) is 117 Å². The van der Waals surface area contributed by atoms with Crippen LogP contribution in [0.5, 0.6) is 0 Å². The van der Waals surface area contributed by atoms with Gasteiger partial charge < -0.3 is 9.15 Å². The molecule has 0 aliphatic carbocycles. The molecule has 0 fully saturated rings. The summed E-state index contributed by atoms with van der Waals surface area (Å²) in [7, 11) is 0. The molecule has 0 saturated carbocycles. The normalized spacial score (nSPS) is 10.8. The molecule has 0 bridgehead atoms. The molecule has 170 valence electrons. The van der Waals surface area contributed by atoms with Gasteiger partial charge in [-0.25, -0.2) is 9.59 Å². The van der Waals surface area contributed by atoms with Crippen molar-refractivity contribution in [3.05, 3.63) is 120 Å². The van der Waals surface area contributed by atoms with E-state index in [2.05, 4.69) is 0 Å². The van der Waals surface area contributed by atoms with Gasteiger partial charge in [0.05, 0.1) is 10.5 Å². The summed E-state index contributed by atoms with van der Waals surface area (Å²) < 4.78 is 10.6. The predicted molar refractivity (Wildman–Crippen MR) is 124 cm³/mol. The Morgan fingerprint density at radius 1 is 1.03 bits per heavy atom. The number of ketones is 1. The number of nitrogens with zero attached hydrogens (tertiary/aromatic N) is 1. The fraction of sp³-hybridized carbons (Fsp3) is 0.0800. The summed E-state index contributed by atoms with van der Waals surface area (Å²) in [5.41, 5.74) is 0.723. The van der Waals surface area contributed by atoms with Crippen LogP contribution in [0.25, 0.3) is 11.0 Å². The third-order valence-corrected chi connectivity index (χ3v) is 5.46. The van der Waals surface area contributed by atoms with Crippen LogP contribution < -0.4 is 5.63 Å². The average Bonchev–Trinajstić information content (AvgIpc) is 2.81. The number of aryl methyl sites for hydroxylation is 1. The maximum Gasteiger partial charge on any atom is 0.339 e. The molecule has 4 aromatic rings.